The molecule has 1 aliphatic rings. The van der Waals surface area contributed by atoms with Gasteiger partial charge in [0.2, 0.25) is 11.8 Å². The van der Waals surface area contributed by atoms with Crippen molar-refractivity contribution in [3.63, 3.8) is 0 Å². The minimum absolute atomic E-state index is 0.103. The van der Waals surface area contributed by atoms with Crippen LogP contribution in [0.5, 0.6) is 0 Å². The quantitative estimate of drug-likeness (QED) is 0.845. The first-order valence-corrected chi connectivity index (χ1v) is 7.92. The number of likely N-dealkylation sites (tertiary alicyclic amines) is 1. The lowest BCUT2D eigenvalue weighted by molar-refractivity contribution is -0.137. The van der Waals surface area contributed by atoms with Crippen LogP contribution in [0.15, 0.2) is 49.3 Å². The number of amides is 2. The standard InChI is InChI=1S/C17H17ClN4O2/c1-2-16(23)21-9-13(10-21)17(24)20-15-7-19-22(11-15)8-12-3-5-14(18)6-4-12/h2-7,11,13H,1,8-10H2,(H,20,24). The van der Waals surface area contributed by atoms with Gasteiger partial charge in [0.05, 0.1) is 24.3 Å². The molecule has 0 aliphatic carbocycles. The lowest BCUT2D eigenvalue weighted by atomic mass is 9.99. The molecule has 1 saturated heterocycles. The Morgan fingerprint density at radius 1 is 1.33 bits per heavy atom. The third-order valence-corrected chi connectivity index (χ3v) is 4.15. The summed E-state index contributed by atoms with van der Waals surface area (Å²) in [5.41, 5.74) is 1.71. The molecular formula is C17H17ClN4O2. The predicted molar refractivity (Wildman–Crippen MR) is 91.7 cm³/mol. The molecule has 1 aliphatic heterocycles. The highest BCUT2D eigenvalue weighted by Gasteiger charge is 2.34. The molecule has 1 aromatic heterocycles. The molecule has 1 fully saturated rings. The van der Waals surface area contributed by atoms with Gasteiger partial charge in [0.25, 0.3) is 0 Å². The SMILES string of the molecule is C=CC(=O)N1CC(C(=O)Nc2cnn(Cc3ccc(Cl)cc3)c2)C1. The first-order valence-electron chi connectivity index (χ1n) is 7.54. The Morgan fingerprint density at radius 3 is 2.71 bits per heavy atom. The molecule has 0 spiro atoms. The molecule has 7 heteroatoms. The third kappa shape index (κ3) is 3.65. The number of halogens is 1. The topological polar surface area (TPSA) is 67.2 Å². The number of nitrogens with one attached hydrogen (secondary N) is 1. The van der Waals surface area contributed by atoms with Crippen molar-refractivity contribution in [1.82, 2.24) is 14.7 Å². The predicted octanol–water partition coefficient (Wildman–Crippen LogP) is 2.17. The number of anilines is 1. The van der Waals surface area contributed by atoms with Gasteiger partial charge in [0, 0.05) is 24.3 Å². The molecule has 124 valence electrons. The van der Waals surface area contributed by atoms with E-state index in [2.05, 4.69) is 17.0 Å². The van der Waals surface area contributed by atoms with Crippen LogP contribution in [0.1, 0.15) is 5.56 Å². The molecule has 2 amide bonds. The second kappa shape index (κ2) is 6.88. The molecule has 0 radical (unpaired) electrons. The van der Waals surface area contributed by atoms with E-state index in [9.17, 15) is 9.59 Å². The molecule has 3 rings (SSSR count). The summed E-state index contributed by atoms with van der Waals surface area (Å²) in [5.74, 6) is -0.433. The molecule has 0 atom stereocenters. The second-order valence-electron chi connectivity index (χ2n) is 5.69. The summed E-state index contributed by atoms with van der Waals surface area (Å²) in [6, 6.07) is 7.52. The van der Waals surface area contributed by atoms with Crippen LogP contribution in [-0.4, -0.2) is 39.6 Å². The lowest BCUT2D eigenvalue weighted by Gasteiger charge is -2.37. The number of carbonyl (C=O) groups excluding carboxylic acids is 2. The van der Waals surface area contributed by atoms with E-state index in [4.69, 9.17) is 11.6 Å². The van der Waals surface area contributed by atoms with Gasteiger partial charge in [-0.15, -0.1) is 0 Å². The molecule has 1 N–H and O–H groups in total. The van der Waals surface area contributed by atoms with Gasteiger partial charge in [0.1, 0.15) is 0 Å². The van der Waals surface area contributed by atoms with Crippen LogP contribution in [0.2, 0.25) is 5.02 Å². The molecule has 0 bridgehead atoms. The monoisotopic (exact) mass is 344 g/mol. The van der Waals surface area contributed by atoms with Crippen LogP contribution in [-0.2, 0) is 16.1 Å². The molecule has 0 unspecified atom stereocenters. The second-order valence-corrected chi connectivity index (χ2v) is 6.12. The Bertz CT molecular complexity index is 763. The van der Waals surface area contributed by atoms with Crippen molar-refractivity contribution >= 4 is 29.1 Å². The van der Waals surface area contributed by atoms with E-state index in [1.165, 1.54) is 6.08 Å². The highest BCUT2D eigenvalue weighted by molar-refractivity contribution is 6.30. The Kier molecular flexibility index (Phi) is 4.66. The van der Waals surface area contributed by atoms with Gasteiger partial charge in [-0.25, -0.2) is 0 Å². The van der Waals surface area contributed by atoms with E-state index in [0.717, 1.165) is 5.56 Å². The summed E-state index contributed by atoms with van der Waals surface area (Å²) in [7, 11) is 0. The molecule has 2 heterocycles. The lowest BCUT2D eigenvalue weighted by Crippen LogP contribution is -2.53. The van der Waals surface area contributed by atoms with Gasteiger partial charge < -0.3 is 10.2 Å². The Morgan fingerprint density at radius 2 is 2.04 bits per heavy atom. The van der Waals surface area contributed by atoms with Crippen molar-refractivity contribution in [3.05, 3.63) is 59.9 Å². The van der Waals surface area contributed by atoms with Gasteiger partial charge in [-0.3, -0.25) is 14.3 Å². The Hall–Kier alpha value is -2.60. The summed E-state index contributed by atoms with van der Waals surface area (Å²) in [6.45, 7) is 4.88. The van der Waals surface area contributed by atoms with Crippen LogP contribution in [0, 0.1) is 5.92 Å². The first-order chi connectivity index (χ1) is 11.5. The first kappa shape index (κ1) is 16.3. The molecule has 1 aromatic carbocycles. The van der Waals surface area contributed by atoms with Crippen LogP contribution in [0.3, 0.4) is 0 Å². The zero-order valence-corrected chi connectivity index (χ0v) is 13.7. The van der Waals surface area contributed by atoms with Crippen LogP contribution in [0.4, 0.5) is 5.69 Å². The van der Waals surface area contributed by atoms with E-state index >= 15 is 0 Å². The maximum atomic E-state index is 12.1. The van der Waals surface area contributed by atoms with Crippen LogP contribution >= 0.6 is 11.6 Å². The van der Waals surface area contributed by atoms with E-state index in [1.54, 1.807) is 22.0 Å². The molecular weight excluding hydrogens is 328 g/mol. The maximum Gasteiger partial charge on any atom is 0.246 e. The molecule has 0 saturated carbocycles. The average molecular weight is 345 g/mol. The van der Waals surface area contributed by atoms with E-state index < -0.39 is 0 Å². The number of hydrogen-bond donors (Lipinski definition) is 1. The summed E-state index contributed by atoms with van der Waals surface area (Å²) < 4.78 is 1.74. The van der Waals surface area contributed by atoms with Crippen LogP contribution in [0.25, 0.3) is 0 Å². The van der Waals surface area contributed by atoms with Crippen molar-refractivity contribution in [2.75, 3.05) is 18.4 Å². The number of aromatic nitrogens is 2. The fourth-order valence-corrected chi connectivity index (χ4v) is 2.62. The molecule has 24 heavy (non-hydrogen) atoms. The normalized spacial score (nSPS) is 14.1. The molecule has 6 nitrogen and oxygen atoms in total. The fourth-order valence-electron chi connectivity index (χ4n) is 2.49. The zero-order valence-electron chi connectivity index (χ0n) is 13.0. The largest absolute Gasteiger partial charge is 0.337 e. The highest BCUT2D eigenvalue weighted by Crippen LogP contribution is 2.18. The van der Waals surface area contributed by atoms with Gasteiger partial charge in [0.15, 0.2) is 0 Å². The number of hydrogen-bond acceptors (Lipinski definition) is 3. The van der Waals surface area contributed by atoms with Crippen molar-refractivity contribution in [2.45, 2.75) is 6.54 Å². The number of benzene rings is 1. The van der Waals surface area contributed by atoms with Crippen molar-refractivity contribution in [2.24, 2.45) is 5.92 Å². The number of nitrogens with zero attached hydrogens (tertiary/aromatic N) is 3. The van der Waals surface area contributed by atoms with Crippen molar-refractivity contribution in [1.29, 1.82) is 0 Å². The summed E-state index contributed by atoms with van der Waals surface area (Å²) in [4.78, 5) is 25.1. The fraction of sp³-hybridized carbons (Fsp3) is 0.235. The summed E-state index contributed by atoms with van der Waals surface area (Å²) >= 11 is 5.86. The van der Waals surface area contributed by atoms with Gasteiger partial charge in [-0.05, 0) is 23.8 Å². The Balaban J connectivity index is 1.53. The van der Waals surface area contributed by atoms with E-state index in [-0.39, 0.29) is 17.7 Å². The van der Waals surface area contributed by atoms with Crippen LogP contribution < -0.4 is 5.32 Å². The van der Waals surface area contributed by atoms with Gasteiger partial charge >= 0.3 is 0 Å². The molecule has 2 aromatic rings. The maximum absolute atomic E-state index is 12.1. The smallest absolute Gasteiger partial charge is 0.246 e. The minimum atomic E-state index is -0.187. The van der Waals surface area contributed by atoms with Gasteiger partial charge in [-0.2, -0.15) is 5.10 Å². The van der Waals surface area contributed by atoms with E-state index in [0.29, 0.717) is 30.3 Å². The summed E-state index contributed by atoms with van der Waals surface area (Å²) in [5, 5.41) is 7.76. The van der Waals surface area contributed by atoms with Crippen molar-refractivity contribution in [3.8, 4) is 0 Å². The minimum Gasteiger partial charge on any atom is -0.337 e. The van der Waals surface area contributed by atoms with Crippen molar-refractivity contribution < 1.29 is 9.59 Å². The number of rotatable bonds is 5. The Labute approximate surface area is 144 Å². The average Bonchev–Trinajstić information content (AvgIpc) is 2.95. The number of carbonyl (C=O) groups is 2. The third-order valence-electron chi connectivity index (χ3n) is 3.90. The zero-order chi connectivity index (χ0) is 17.1. The van der Waals surface area contributed by atoms with Gasteiger partial charge in [-0.1, -0.05) is 30.3 Å². The van der Waals surface area contributed by atoms with E-state index in [1.807, 2.05) is 24.3 Å². The highest BCUT2D eigenvalue weighted by atomic mass is 35.5. The summed E-state index contributed by atoms with van der Waals surface area (Å²) in [6.07, 6.45) is 4.64.